The number of nitrogens with zero attached hydrogens (tertiary/aromatic N) is 1. The molecule has 2 aromatic rings. The highest BCUT2D eigenvalue weighted by Crippen LogP contribution is 2.37. The molecule has 1 aliphatic heterocycles. The first-order chi connectivity index (χ1) is 17.6. The second-order valence-electron chi connectivity index (χ2n) is 12.0. The summed E-state index contributed by atoms with van der Waals surface area (Å²) in [4.78, 5) is 32.3. The number of nitrogens with one attached hydrogen (secondary N) is 2. The number of amides is 2. The lowest BCUT2D eigenvalue weighted by Crippen LogP contribution is -2.38. The molecule has 1 saturated heterocycles. The Morgan fingerprint density at radius 3 is 2.38 bits per heavy atom. The molecule has 0 spiro atoms. The van der Waals surface area contributed by atoms with E-state index in [1.807, 2.05) is 26.0 Å². The van der Waals surface area contributed by atoms with Crippen LogP contribution in [0.3, 0.4) is 0 Å². The molecule has 2 aliphatic rings. The van der Waals surface area contributed by atoms with Crippen LogP contribution in [0.15, 0.2) is 18.2 Å². The zero-order valence-corrected chi connectivity index (χ0v) is 23.9. The van der Waals surface area contributed by atoms with Gasteiger partial charge in [0.2, 0.25) is 0 Å². The van der Waals surface area contributed by atoms with Gasteiger partial charge in [0, 0.05) is 30.9 Å². The highest BCUT2D eigenvalue weighted by atomic mass is 32.1. The molecule has 0 bridgehead atoms. The molecule has 1 aliphatic carbocycles. The summed E-state index contributed by atoms with van der Waals surface area (Å²) in [6.45, 7) is 11.8. The molecule has 7 heteroatoms. The van der Waals surface area contributed by atoms with E-state index in [0.29, 0.717) is 29.7 Å². The van der Waals surface area contributed by atoms with Crippen molar-refractivity contribution in [2.75, 3.05) is 13.2 Å². The van der Waals surface area contributed by atoms with Crippen molar-refractivity contribution in [3.63, 3.8) is 0 Å². The van der Waals surface area contributed by atoms with Gasteiger partial charge in [-0.05, 0) is 73.8 Å². The van der Waals surface area contributed by atoms with Crippen molar-refractivity contribution in [3.05, 3.63) is 40.0 Å². The van der Waals surface area contributed by atoms with Gasteiger partial charge in [0.15, 0.2) is 5.01 Å². The fourth-order valence-electron chi connectivity index (χ4n) is 5.23. The van der Waals surface area contributed by atoms with Crippen LogP contribution in [-0.2, 0) is 16.6 Å². The summed E-state index contributed by atoms with van der Waals surface area (Å²) in [6, 6.07) is 6.35. The van der Waals surface area contributed by atoms with Crippen LogP contribution in [0.25, 0.3) is 10.4 Å². The Balaban J connectivity index is 1.73. The molecule has 2 N–H and O–H groups in total. The maximum Gasteiger partial charge on any atom is 0.280 e. The molecule has 4 rings (SSSR count). The molecule has 0 unspecified atom stereocenters. The largest absolute Gasteiger partial charge is 0.381 e. The van der Waals surface area contributed by atoms with Crippen LogP contribution in [0.1, 0.15) is 111 Å². The predicted octanol–water partition coefficient (Wildman–Crippen LogP) is 6.28. The number of aromatic nitrogens is 1. The quantitative estimate of drug-likeness (QED) is 0.446. The van der Waals surface area contributed by atoms with Gasteiger partial charge in [0.25, 0.3) is 11.8 Å². The summed E-state index contributed by atoms with van der Waals surface area (Å²) in [5, 5.41) is 6.74. The molecule has 1 saturated carbocycles. The average molecular weight is 526 g/mol. The molecule has 2 amide bonds. The van der Waals surface area contributed by atoms with Crippen molar-refractivity contribution in [2.45, 2.75) is 103 Å². The Morgan fingerprint density at radius 2 is 1.73 bits per heavy atom. The first-order valence-corrected chi connectivity index (χ1v) is 14.8. The lowest BCUT2D eigenvalue weighted by molar-refractivity contribution is 0.0696. The average Bonchev–Trinajstić information content (AvgIpc) is 3.28. The fourth-order valence-corrected chi connectivity index (χ4v) is 6.22. The molecule has 6 nitrogen and oxygen atoms in total. The van der Waals surface area contributed by atoms with Gasteiger partial charge in [0.05, 0.1) is 10.6 Å². The van der Waals surface area contributed by atoms with Gasteiger partial charge in [-0.15, -0.1) is 11.3 Å². The van der Waals surface area contributed by atoms with E-state index in [-0.39, 0.29) is 29.3 Å². The van der Waals surface area contributed by atoms with Gasteiger partial charge in [-0.3, -0.25) is 9.59 Å². The number of carbonyl (C=O) groups excluding carboxylic acids is 2. The third kappa shape index (κ3) is 7.41. The molecule has 2 heterocycles. The molecule has 0 atom stereocenters. The third-order valence-corrected chi connectivity index (χ3v) is 8.54. The molecular formula is C30H43N3O3S. The second-order valence-corrected chi connectivity index (χ2v) is 13.0. The van der Waals surface area contributed by atoms with E-state index >= 15 is 0 Å². The summed E-state index contributed by atoms with van der Waals surface area (Å²) >= 11 is 1.47. The molecule has 202 valence electrons. The van der Waals surface area contributed by atoms with Gasteiger partial charge in [-0.2, -0.15) is 0 Å². The van der Waals surface area contributed by atoms with E-state index in [1.54, 1.807) is 0 Å². The minimum Gasteiger partial charge on any atom is -0.381 e. The van der Waals surface area contributed by atoms with Crippen LogP contribution in [0, 0.1) is 5.92 Å². The highest BCUT2D eigenvalue weighted by Gasteiger charge is 2.26. The second kappa shape index (κ2) is 12.1. The van der Waals surface area contributed by atoms with Gasteiger partial charge >= 0.3 is 0 Å². The Hall–Kier alpha value is -2.25. The van der Waals surface area contributed by atoms with Gasteiger partial charge in [-0.25, -0.2) is 4.98 Å². The maximum absolute atomic E-state index is 13.3. The van der Waals surface area contributed by atoms with E-state index in [2.05, 4.69) is 37.5 Å². The standard InChI is InChI=1S/C30H43N3O3S/c1-19(2)31-27(34)22-16-21(17-23(18-22)30(3,4)5)26-25(15-20-9-7-6-8-10-20)33-29(37-26)28(35)32-24-11-13-36-14-12-24/h16-20,24H,6-15H2,1-5H3,(H,31,34)(H,32,35). The third-order valence-electron chi connectivity index (χ3n) is 7.40. The summed E-state index contributed by atoms with van der Waals surface area (Å²) in [5.41, 5.74) is 3.61. The molecule has 1 aromatic carbocycles. The van der Waals surface area contributed by atoms with Gasteiger partial charge < -0.3 is 15.4 Å². The van der Waals surface area contributed by atoms with Crippen molar-refractivity contribution in [2.24, 2.45) is 5.92 Å². The van der Waals surface area contributed by atoms with Crippen LogP contribution in [0.5, 0.6) is 0 Å². The number of rotatable bonds is 7. The summed E-state index contributed by atoms with van der Waals surface area (Å²) in [5.74, 6) is 0.423. The Labute approximate surface area is 226 Å². The number of benzene rings is 1. The highest BCUT2D eigenvalue weighted by molar-refractivity contribution is 7.17. The van der Waals surface area contributed by atoms with Crippen molar-refractivity contribution >= 4 is 23.2 Å². The maximum atomic E-state index is 13.3. The molecule has 0 radical (unpaired) electrons. The van der Waals surface area contributed by atoms with Crippen molar-refractivity contribution in [1.82, 2.24) is 15.6 Å². The summed E-state index contributed by atoms with van der Waals surface area (Å²) in [7, 11) is 0. The lowest BCUT2D eigenvalue weighted by atomic mass is 9.83. The van der Waals surface area contributed by atoms with Gasteiger partial charge in [0.1, 0.15) is 0 Å². The molecule has 1 aromatic heterocycles. The van der Waals surface area contributed by atoms with Crippen LogP contribution < -0.4 is 10.6 Å². The zero-order valence-electron chi connectivity index (χ0n) is 23.1. The van der Waals surface area contributed by atoms with Crippen LogP contribution in [-0.4, -0.2) is 42.1 Å². The number of hydrogen-bond acceptors (Lipinski definition) is 5. The van der Waals surface area contributed by atoms with E-state index in [0.717, 1.165) is 41.0 Å². The van der Waals surface area contributed by atoms with Gasteiger partial charge in [-0.1, -0.05) is 52.9 Å². The Morgan fingerprint density at radius 1 is 1.03 bits per heavy atom. The smallest absolute Gasteiger partial charge is 0.280 e. The first-order valence-electron chi connectivity index (χ1n) is 13.9. The summed E-state index contributed by atoms with van der Waals surface area (Å²) in [6.07, 6.45) is 8.81. The normalized spacial score (nSPS) is 17.7. The van der Waals surface area contributed by atoms with Crippen LogP contribution >= 0.6 is 11.3 Å². The zero-order chi connectivity index (χ0) is 26.6. The lowest BCUT2D eigenvalue weighted by Gasteiger charge is -2.23. The first kappa shape index (κ1) is 27.8. The van der Waals surface area contributed by atoms with Crippen molar-refractivity contribution in [3.8, 4) is 10.4 Å². The number of carbonyl (C=O) groups is 2. The van der Waals surface area contributed by atoms with E-state index in [9.17, 15) is 9.59 Å². The van der Waals surface area contributed by atoms with Crippen molar-refractivity contribution < 1.29 is 14.3 Å². The molecular weight excluding hydrogens is 482 g/mol. The Kier molecular flexibility index (Phi) is 9.07. The van der Waals surface area contributed by atoms with Crippen LogP contribution in [0.2, 0.25) is 0 Å². The Bertz CT molecular complexity index is 1090. The number of thiazole rings is 1. The van der Waals surface area contributed by atoms with E-state index < -0.39 is 0 Å². The minimum atomic E-state index is -0.125. The van der Waals surface area contributed by atoms with E-state index in [4.69, 9.17) is 9.72 Å². The number of hydrogen-bond donors (Lipinski definition) is 2. The van der Waals surface area contributed by atoms with Crippen LogP contribution in [0.4, 0.5) is 0 Å². The topological polar surface area (TPSA) is 80.3 Å². The SMILES string of the molecule is CC(C)NC(=O)c1cc(-c2sc(C(=O)NC3CCOCC3)nc2CC2CCCCC2)cc(C(C)(C)C)c1. The van der Waals surface area contributed by atoms with E-state index in [1.165, 1.54) is 43.4 Å². The van der Waals surface area contributed by atoms with Crippen molar-refractivity contribution in [1.29, 1.82) is 0 Å². The summed E-state index contributed by atoms with van der Waals surface area (Å²) < 4.78 is 5.45. The molecule has 37 heavy (non-hydrogen) atoms. The molecule has 2 fully saturated rings. The monoisotopic (exact) mass is 525 g/mol. The number of ether oxygens (including phenoxy) is 1. The fraction of sp³-hybridized carbons (Fsp3) is 0.633. The minimum absolute atomic E-state index is 0.0556. The predicted molar refractivity (Wildman–Crippen MR) is 150 cm³/mol.